The fourth-order valence-corrected chi connectivity index (χ4v) is 0.361. The highest BCUT2D eigenvalue weighted by Crippen LogP contribution is 1.69. The van der Waals surface area contributed by atoms with Gasteiger partial charge in [0.1, 0.15) is 0 Å². The van der Waals surface area contributed by atoms with Crippen molar-refractivity contribution >= 4 is 29.7 Å². The van der Waals surface area contributed by atoms with E-state index in [9.17, 15) is 24.0 Å². The number of primary amides is 2. The van der Waals surface area contributed by atoms with Crippen LogP contribution in [0.3, 0.4) is 0 Å². The Hall–Kier alpha value is -2.45. The molecule has 0 fully saturated rings. The molecule has 9 nitrogen and oxygen atoms in total. The van der Waals surface area contributed by atoms with Gasteiger partial charge in [-0.05, 0) is 0 Å². The fourth-order valence-electron chi connectivity index (χ4n) is 0.361. The van der Waals surface area contributed by atoms with Gasteiger partial charge in [-0.3, -0.25) is 29.8 Å². The predicted molar refractivity (Wildman–Crippen MR) is 40.1 cm³/mol. The van der Waals surface area contributed by atoms with Crippen LogP contribution in [0.5, 0.6) is 0 Å². The first kappa shape index (κ1) is 11.6. The highest BCUT2D eigenvalue weighted by molar-refractivity contribution is 6.40. The van der Waals surface area contributed by atoms with Crippen molar-refractivity contribution in [3.8, 4) is 0 Å². The van der Waals surface area contributed by atoms with Crippen LogP contribution in [-0.2, 0) is 19.2 Å². The molecule has 0 unspecified atom stereocenters. The van der Waals surface area contributed by atoms with E-state index < -0.39 is 29.7 Å². The average molecular weight is 202 g/mol. The predicted octanol–water partition coefficient (Wildman–Crippen LogP) is -3.69. The van der Waals surface area contributed by atoms with Crippen LogP contribution in [0, 0.1) is 0 Å². The van der Waals surface area contributed by atoms with Crippen molar-refractivity contribution in [1.82, 2.24) is 10.6 Å². The van der Waals surface area contributed by atoms with E-state index in [0.29, 0.717) is 0 Å². The minimum absolute atomic E-state index is 1.36. The topological polar surface area (TPSA) is 161 Å². The number of nitrogens with two attached hydrogens (primary N) is 2. The number of hydrogen-bond donors (Lipinski definition) is 4. The highest BCUT2D eigenvalue weighted by atomic mass is 16.2. The molecule has 0 saturated heterocycles. The third-order valence-electron chi connectivity index (χ3n) is 0.902. The van der Waals surface area contributed by atoms with Crippen LogP contribution in [0.2, 0.25) is 0 Å². The Morgan fingerprint density at radius 3 is 1.21 bits per heavy atom. The van der Waals surface area contributed by atoms with Gasteiger partial charge in [0.25, 0.3) is 0 Å². The summed E-state index contributed by atoms with van der Waals surface area (Å²) in [6.45, 7) is 0. The smallest absolute Gasteiger partial charge is 0.328 e. The molecule has 0 aromatic heterocycles. The summed E-state index contributed by atoms with van der Waals surface area (Å²) in [6.07, 6.45) is 0. The SMILES string of the molecule is NC(=O)C(=O)NC(=O)NC(=O)C(N)=O. The Bertz CT molecular complexity index is 292. The number of rotatable bonds is 0. The summed E-state index contributed by atoms with van der Waals surface area (Å²) in [5.74, 6) is -5.65. The maximum absolute atomic E-state index is 10.6. The molecule has 0 aliphatic rings. The molecule has 9 heteroatoms. The fraction of sp³-hybridized carbons (Fsp3) is 0. The molecule has 0 aromatic rings. The summed E-state index contributed by atoms with van der Waals surface area (Å²) in [7, 11) is 0. The molecule has 0 spiro atoms. The van der Waals surface area contributed by atoms with Gasteiger partial charge in [0.15, 0.2) is 0 Å². The first-order valence-corrected chi connectivity index (χ1v) is 3.10. The molecule has 14 heavy (non-hydrogen) atoms. The van der Waals surface area contributed by atoms with E-state index >= 15 is 0 Å². The number of nitrogens with one attached hydrogen (secondary N) is 2. The summed E-state index contributed by atoms with van der Waals surface area (Å²) < 4.78 is 0. The van der Waals surface area contributed by atoms with Gasteiger partial charge < -0.3 is 11.5 Å². The largest absolute Gasteiger partial charge is 0.361 e. The van der Waals surface area contributed by atoms with Crippen LogP contribution in [-0.4, -0.2) is 29.7 Å². The molecule has 0 bridgehead atoms. The van der Waals surface area contributed by atoms with Gasteiger partial charge in [0.05, 0.1) is 0 Å². The third-order valence-corrected chi connectivity index (χ3v) is 0.902. The lowest BCUT2D eigenvalue weighted by atomic mass is 10.5. The Kier molecular flexibility index (Phi) is 3.75. The summed E-state index contributed by atoms with van der Waals surface area (Å²) in [4.78, 5) is 51.7. The molecule has 0 radical (unpaired) electrons. The summed E-state index contributed by atoms with van der Waals surface area (Å²) in [5.41, 5.74) is 8.93. The standard InChI is InChI=1S/C5H6N4O5/c6-1(10)3(12)8-5(14)9-4(13)2(7)11/h(H2,6,10)(H2,7,11)(H2,8,9,12,13,14). The number of carbonyl (C=O) groups is 5. The third kappa shape index (κ3) is 3.80. The van der Waals surface area contributed by atoms with Crippen molar-refractivity contribution in [2.45, 2.75) is 0 Å². The normalized spacial score (nSPS) is 8.57. The molecule has 0 rings (SSSR count). The van der Waals surface area contributed by atoms with E-state index in [2.05, 4.69) is 11.5 Å². The molecule has 76 valence electrons. The van der Waals surface area contributed by atoms with Crippen LogP contribution in [0.15, 0.2) is 0 Å². The summed E-state index contributed by atoms with van der Waals surface area (Å²) in [5, 5.41) is 2.75. The second kappa shape index (κ2) is 4.54. The van der Waals surface area contributed by atoms with E-state index in [-0.39, 0.29) is 0 Å². The van der Waals surface area contributed by atoms with E-state index in [1.54, 1.807) is 0 Å². The maximum atomic E-state index is 10.6. The molecule has 0 atom stereocenters. The molecular weight excluding hydrogens is 196 g/mol. The Morgan fingerprint density at radius 1 is 0.714 bits per heavy atom. The van der Waals surface area contributed by atoms with Gasteiger partial charge in [-0.15, -0.1) is 0 Å². The monoisotopic (exact) mass is 202 g/mol. The zero-order chi connectivity index (χ0) is 11.3. The Labute approximate surface area is 76.8 Å². The molecular formula is C5H6N4O5. The van der Waals surface area contributed by atoms with E-state index in [4.69, 9.17) is 0 Å². The van der Waals surface area contributed by atoms with Crippen LogP contribution >= 0.6 is 0 Å². The van der Waals surface area contributed by atoms with Gasteiger partial charge in [0, 0.05) is 0 Å². The van der Waals surface area contributed by atoms with Gasteiger partial charge in [-0.25, -0.2) is 4.79 Å². The van der Waals surface area contributed by atoms with Crippen LogP contribution in [0.4, 0.5) is 4.79 Å². The second-order valence-electron chi connectivity index (χ2n) is 1.97. The van der Waals surface area contributed by atoms with Crippen molar-refractivity contribution < 1.29 is 24.0 Å². The van der Waals surface area contributed by atoms with E-state index in [0.717, 1.165) is 0 Å². The van der Waals surface area contributed by atoms with Crippen LogP contribution < -0.4 is 22.1 Å². The zero-order valence-electron chi connectivity index (χ0n) is 6.70. The molecule has 0 aliphatic heterocycles. The quantitative estimate of drug-likeness (QED) is 0.297. The first-order chi connectivity index (χ1) is 6.34. The number of carbonyl (C=O) groups excluding carboxylic acids is 5. The number of amides is 6. The number of imide groups is 2. The van der Waals surface area contributed by atoms with Gasteiger partial charge in [-0.1, -0.05) is 0 Å². The van der Waals surface area contributed by atoms with Gasteiger partial charge >= 0.3 is 29.7 Å². The van der Waals surface area contributed by atoms with Gasteiger partial charge in [0.2, 0.25) is 0 Å². The zero-order valence-corrected chi connectivity index (χ0v) is 6.70. The first-order valence-electron chi connectivity index (χ1n) is 3.10. The molecule has 0 heterocycles. The average Bonchev–Trinajstić information content (AvgIpc) is 2.03. The van der Waals surface area contributed by atoms with Crippen LogP contribution in [0.1, 0.15) is 0 Å². The lowest BCUT2D eigenvalue weighted by molar-refractivity contribution is -0.137. The molecule has 0 aromatic carbocycles. The van der Waals surface area contributed by atoms with Crippen molar-refractivity contribution in [3.63, 3.8) is 0 Å². The lowest BCUT2D eigenvalue weighted by Gasteiger charge is -2.00. The maximum Gasteiger partial charge on any atom is 0.328 e. The Morgan fingerprint density at radius 2 is 1.00 bits per heavy atom. The van der Waals surface area contributed by atoms with E-state index in [1.807, 2.05) is 0 Å². The number of urea groups is 1. The molecule has 0 saturated carbocycles. The summed E-state index contributed by atoms with van der Waals surface area (Å²) in [6, 6.07) is -1.36. The van der Waals surface area contributed by atoms with Crippen molar-refractivity contribution in [2.24, 2.45) is 11.5 Å². The van der Waals surface area contributed by atoms with Crippen molar-refractivity contribution in [1.29, 1.82) is 0 Å². The second-order valence-corrected chi connectivity index (χ2v) is 1.97. The Balaban J connectivity index is 4.12. The molecule has 0 aliphatic carbocycles. The minimum Gasteiger partial charge on any atom is -0.361 e. The van der Waals surface area contributed by atoms with E-state index in [1.165, 1.54) is 10.6 Å². The minimum atomic E-state index is -1.42. The van der Waals surface area contributed by atoms with Crippen molar-refractivity contribution in [3.05, 3.63) is 0 Å². The lowest BCUT2D eigenvalue weighted by Crippen LogP contribution is -2.49. The highest BCUT2D eigenvalue weighted by Gasteiger charge is 2.17. The molecule has 6 N–H and O–H groups in total. The van der Waals surface area contributed by atoms with Gasteiger partial charge in [-0.2, -0.15) is 0 Å². The van der Waals surface area contributed by atoms with Crippen molar-refractivity contribution in [2.75, 3.05) is 0 Å². The number of hydrogen-bond acceptors (Lipinski definition) is 5. The molecule has 6 amide bonds. The van der Waals surface area contributed by atoms with Crippen LogP contribution in [0.25, 0.3) is 0 Å². The summed E-state index contributed by atoms with van der Waals surface area (Å²) >= 11 is 0.